The lowest BCUT2D eigenvalue weighted by Gasteiger charge is -2.30. The van der Waals surface area contributed by atoms with Crippen LogP contribution in [-0.4, -0.2) is 26.2 Å². The number of hydrazine groups is 1. The van der Waals surface area contributed by atoms with E-state index in [-0.39, 0.29) is 0 Å². The standard InChI is InChI=1S/C12H16N4S3/c1-6-7(2)19-9(5-18-6)11-14-10(16-13)8-3-4-17-12(8)15-11/h3-4,6-7,9H,5,13H2,1-2H3,(H,14,15,16). The summed E-state index contributed by atoms with van der Waals surface area (Å²) in [5.41, 5.74) is 2.70. The highest BCUT2D eigenvalue weighted by Crippen LogP contribution is 2.44. The zero-order valence-corrected chi connectivity index (χ0v) is 13.2. The van der Waals surface area contributed by atoms with Crippen LogP contribution in [0.25, 0.3) is 10.2 Å². The van der Waals surface area contributed by atoms with E-state index in [1.54, 1.807) is 11.3 Å². The first kappa shape index (κ1) is 13.5. The van der Waals surface area contributed by atoms with E-state index < -0.39 is 0 Å². The Morgan fingerprint density at radius 3 is 2.89 bits per heavy atom. The summed E-state index contributed by atoms with van der Waals surface area (Å²) in [6, 6.07) is 2.01. The minimum atomic E-state index is 0.356. The quantitative estimate of drug-likeness (QED) is 0.655. The summed E-state index contributed by atoms with van der Waals surface area (Å²) in [4.78, 5) is 10.3. The molecule has 1 saturated heterocycles. The van der Waals surface area contributed by atoms with Gasteiger partial charge < -0.3 is 5.43 Å². The number of hydrogen-bond acceptors (Lipinski definition) is 7. The highest BCUT2D eigenvalue weighted by Gasteiger charge is 2.29. The van der Waals surface area contributed by atoms with Crippen molar-refractivity contribution in [2.24, 2.45) is 5.84 Å². The minimum Gasteiger partial charge on any atom is -0.308 e. The molecule has 19 heavy (non-hydrogen) atoms. The van der Waals surface area contributed by atoms with Crippen molar-refractivity contribution in [1.82, 2.24) is 9.97 Å². The average molecular weight is 312 g/mol. The van der Waals surface area contributed by atoms with Crippen molar-refractivity contribution >= 4 is 50.9 Å². The van der Waals surface area contributed by atoms with E-state index in [4.69, 9.17) is 10.8 Å². The predicted octanol–water partition coefficient (Wildman–Crippen LogP) is 3.28. The fourth-order valence-corrected chi connectivity index (χ4v) is 5.66. The number of hydrogen-bond donors (Lipinski definition) is 2. The lowest BCUT2D eigenvalue weighted by atomic mass is 10.3. The van der Waals surface area contributed by atoms with Gasteiger partial charge in [0.25, 0.3) is 0 Å². The number of nitrogens with zero attached hydrogens (tertiary/aromatic N) is 2. The van der Waals surface area contributed by atoms with Gasteiger partial charge in [0.2, 0.25) is 0 Å². The summed E-state index contributed by atoms with van der Waals surface area (Å²) < 4.78 is 0. The van der Waals surface area contributed by atoms with Crippen molar-refractivity contribution in [1.29, 1.82) is 0 Å². The van der Waals surface area contributed by atoms with Gasteiger partial charge >= 0.3 is 0 Å². The van der Waals surface area contributed by atoms with Crippen molar-refractivity contribution in [3.63, 3.8) is 0 Å². The molecule has 7 heteroatoms. The Morgan fingerprint density at radius 2 is 2.16 bits per heavy atom. The summed E-state index contributed by atoms with van der Waals surface area (Å²) >= 11 is 5.60. The molecule has 2 aromatic heterocycles. The van der Waals surface area contributed by atoms with Gasteiger partial charge in [-0.15, -0.1) is 23.1 Å². The fraction of sp³-hybridized carbons (Fsp3) is 0.500. The number of thioether (sulfide) groups is 2. The van der Waals surface area contributed by atoms with Gasteiger partial charge in [-0.2, -0.15) is 11.8 Å². The van der Waals surface area contributed by atoms with Crippen molar-refractivity contribution in [2.75, 3.05) is 11.2 Å². The van der Waals surface area contributed by atoms with Crippen LogP contribution in [0.3, 0.4) is 0 Å². The summed E-state index contributed by atoms with van der Waals surface area (Å²) in [5, 5.41) is 4.71. The van der Waals surface area contributed by atoms with E-state index in [1.165, 1.54) is 0 Å². The Balaban J connectivity index is 1.96. The number of nitrogens with one attached hydrogen (secondary N) is 1. The van der Waals surface area contributed by atoms with Gasteiger partial charge in [-0.1, -0.05) is 13.8 Å². The molecule has 0 saturated carbocycles. The third kappa shape index (κ3) is 2.56. The summed E-state index contributed by atoms with van der Waals surface area (Å²) in [7, 11) is 0. The van der Waals surface area contributed by atoms with Gasteiger partial charge in [0.15, 0.2) is 5.82 Å². The Hall–Kier alpha value is -0.500. The van der Waals surface area contributed by atoms with Crippen LogP contribution in [0.5, 0.6) is 0 Å². The molecule has 2 aromatic rings. The smallest absolute Gasteiger partial charge is 0.152 e. The number of thiophene rings is 1. The second-order valence-corrected chi connectivity index (χ2v) is 8.47. The number of anilines is 1. The fourth-order valence-electron chi connectivity index (χ4n) is 2.05. The van der Waals surface area contributed by atoms with Gasteiger partial charge in [-0.05, 0) is 11.4 Å². The molecule has 0 radical (unpaired) electrons. The van der Waals surface area contributed by atoms with Crippen LogP contribution < -0.4 is 11.3 Å². The number of nitrogens with two attached hydrogens (primary N) is 1. The van der Waals surface area contributed by atoms with Crippen LogP contribution in [0.15, 0.2) is 11.4 Å². The molecule has 1 fully saturated rings. The van der Waals surface area contributed by atoms with E-state index in [0.717, 1.165) is 27.6 Å². The summed E-state index contributed by atoms with van der Waals surface area (Å²) in [5.74, 6) is 8.28. The normalized spacial score (nSPS) is 27.6. The highest BCUT2D eigenvalue weighted by molar-refractivity contribution is 8.07. The first-order valence-corrected chi connectivity index (χ1v) is 9.05. The number of nitrogen functional groups attached to an aromatic ring is 1. The third-order valence-corrected chi connectivity index (χ3v) is 7.51. The molecule has 3 rings (SSSR count). The van der Waals surface area contributed by atoms with E-state index in [9.17, 15) is 0 Å². The van der Waals surface area contributed by atoms with Crippen molar-refractivity contribution in [3.8, 4) is 0 Å². The second-order valence-electron chi connectivity index (χ2n) is 4.58. The molecule has 3 atom stereocenters. The molecule has 0 aromatic carbocycles. The maximum atomic E-state index is 5.58. The maximum absolute atomic E-state index is 5.58. The van der Waals surface area contributed by atoms with Gasteiger partial charge in [-0.3, -0.25) is 0 Å². The molecule has 102 valence electrons. The average Bonchev–Trinajstić information content (AvgIpc) is 2.89. The van der Waals surface area contributed by atoms with E-state index in [0.29, 0.717) is 15.7 Å². The van der Waals surface area contributed by atoms with Gasteiger partial charge in [0.1, 0.15) is 10.7 Å². The lowest BCUT2D eigenvalue weighted by Crippen LogP contribution is -2.23. The molecule has 0 bridgehead atoms. The van der Waals surface area contributed by atoms with E-state index in [1.807, 2.05) is 35.0 Å². The predicted molar refractivity (Wildman–Crippen MR) is 86.9 cm³/mol. The Morgan fingerprint density at radius 1 is 1.32 bits per heavy atom. The number of aromatic nitrogens is 2. The topological polar surface area (TPSA) is 63.8 Å². The largest absolute Gasteiger partial charge is 0.308 e. The Labute approximate surface area is 124 Å². The third-order valence-electron chi connectivity index (χ3n) is 3.32. The molecular formula is C12H16N4S3. The molecule has 0 amide bonds. The molecule has 3 heterocycles. The molecule has 0 spiro atoms. The lowest BCUT2D eigenvalue weighted by molar-refractivity contribution is 0.866. The van der Waals surface area contributed by atoms with Crippen molar-refractivity contribution in [3.05, 3.63) is 17.3 Å². The SMILES string of the molecule is CC1SCC(c2nc(NN)c3ccsc3n2)SC1C. The first-order valence-electron chi connectivity index (χ1n) is 6.18. The highest BCUT2D eigenvalue weighted by atomic mass is 32.2. The molecule has 0 aliphatic carbocycles. The van der Waals surface area contributed by atoms with E-state index >= 15 is 0 Å². The number of rotatable bonds is 2. The molecule has 1 aliphatic heterocycles. The zero-order chi connectivity index (χ0) is 13.4. The van der Waals surface area contributed by atoms with Crippen LogP contribution in [-0.2, 0) is 0 Å². The Kier molecular flexibility index (Phi) is 3.88. The minimum absolute atomic E-state index is 0.356. The van der Waals surface area contributed by atoms with Gasteiger partial charge in [0, 0.05) is 16.3 Å². The second kappa shape index (κ2) is 5.47. The van der Waals surface area contributed by atoms with Gasteiger partial charge in [-0.25, -0.2) is 15.8 Å². The number of fused-ring (bicyclic) bond motifs is 1. The Bertz CT molecular complexity index is 585. The summed E-state index contributed by atoms with van der Waals surface area (Å²) in [6.07, 6.45) is 0. The van der Waals surface area contributed by atoms with Crippen molar-refractivity contribution < 1.29 is 0 Å². The van der Waals surface area contributed by atoms with Crippen LogP contribution in [0, 0.1) is 0 Å². The molecule has 3 N–H and O–H groups in total. The molecule has 1 aliphatic rings. The van der Waals surface area contributed by atoms with E-state index in [2.05, 4.69) is 24.3 Å². The zero-order valence-electron chi connectivity index (χ0n) is 10.8. The van der Waals surface area contributed by atoms with Crippen LogP contribution >= 0.6 is 34.9 Å². The monoisotopic (exact) mass is 312 g/mol. The van der Waals surface area contributed by atoms with Crippen LogP contribution in [0.4, 0.5) is 5.82 Å². The molecule has 4 nitrogen and oxygen atoms in total. The first-order chi connectivity index (χ1) is 9.19. The maximum Gasteiger partial charge on any atom is 0.152 e. The van der Waals surface area contributed by atoms with Crippen LogP contribution in [0.2, 0.25) is 0 Å². The van der Waals surface area contributed by atoms with Crippen molar-refractivity contribution in [2.45, 2.75) is 29.6 Å². The summed E-state index contributed by atoms with van der Waals surface area (Å²) in [6.45, 7) is 4.56. The molecule has 3 unspecified atom stereocenters. The van der Waals surface area contributed by atoms with Crippen LogP contribution in [0.1, 0.15) is 24.9 Å². The van der Waals surface area contributed by atoms with Gasteiger partial charge in [0.05, 0.1) is 10.6 Å². The molecular weight excluding hydrogens is 296 g/mol.